The van der Waals surface area contributed by atoms with Gasteiger partial charge in [0.2, 0.25) is 0 Å². The van der Waals surface area contributed by atoms with Crippen LogP contribution in [0.5, 0.6) is 11.5 Å². The van der Waals surface area contributed by atoms with Gasteiger partial charge in [0, 0.05) is 23.3 Å². The van der Waals surface area contributed by atoms with Crippen molar-refractivity contribution in [2.24, 2.45) is 0 Å². The molecule has 0 unspecified atom stereocenters. The van der Waals surface area contributed by atoms with Crippen LogP contribution in [0.25, 0.3) is 16.9 Å². The van der Waals surface area contributed by atoms with Crippen LogP contribution in [0.3, 0.4) is 0 Å². The number of alkyl halides is 3. The summed E-state index contributed by atoms with van der Waals surface area (Å²) in [6, 6.07) is 15.1. The van der Waals surface area contributed by atoms with Crippen molar-refractivity contribution in [3.63, 3.8) is 0 Å². The zero-order valence-electron chi connectivity index (χ0n) is 21.1. The molecule has 0 saturated heterocycles. The van der Waals surface area contributed by atoms with Crippen LogP contribution < -0.4 is 10.1 Å². The number of amides is 1. The molecule has 0 radical (unpaired) electrons. The fourth-order valence-corrected chi connectivity index (χ4v) is 5.08. The van der Waals surface area contributed by atoms with Gasteiger partial charge in [-0.2, -0.15) is 18.3 Å². The Kier molecular flexibility index (Phi) is 6.53. The van der Waals surface area contributed by atoms with Crippen molar-refractivity contribution in [3.05, 3.63) is 110 Å². The molecule has 1 amide bonds. The highest BCUT2D eigenvalue weighted by Crippen LogP contribution is 2.42. The number of aryl methyl sites for hydroxylation is 1. The first-order valence-corrected chi connectivity index (χ1v) is 12.7. The molecule has 14 heteroatoms. The fraction of sp³-hybridized carbons (Fsp3) is 0.107. The van der Waals surface area contributed by atoms with Gasteiger partial charge in [0.25, 0.3) is 11.6 Å². The minimum Gasteiger partial charge on any atom is -0.457 e. The molecular weight excluding hydrogens is 582 g/mol. The second-order valence-electron chi connectivity index (χ2n) is 9.32. The Hall–Kier alpha value is -5.04. The molecule has 6 rings (SSSR count). The van der Waals surface area contributed by atoms with E-state index in [0.717, 1.165) is 29.8 Å². The van der Waals surface area contributed by atoms with Crippen molar-refractivity contribution in [1.82, 2.24) is 14.6 Å². The van der Waals surface area contributed by atoms with Gasteiger partial charge in [-0.05, 0) is 42.7 Å². The number of aromatic nitrogens is 3. The summed E-state index contributed by atoms with van der Waals surface area (Å²) in [5.41, 5.74) is -1.24. The molecule has 9 nitrogen and oxygen atoms in total. The maximum absolute atomic E-state index is 14.4. The number of hydrogen-bond donors (Lipinski definition) is 1. The smallest absolute Gasteiger partial charge is 0.433 e. The topological polar surface area (TPSA) is 112 Å². The zero-order valence-corrected chi connectivity index (χ0v) is 21.8. The van der Waals surface area contributed by atoms with E-state index in [2.05, 4.69) is 15.4 Å². The lowest BCUT2D eigenvalue weighted by Crippen LogP contribution is -2.21. The molecule has 0 bridgehead atoms. The van der Waals surface area contributed by atoms with E-state index in [4.69, 9.17) is 16.3 Å². The molecule has 0 saturated carbocycles. The number of carbonyl (C=O) groups excluding carboxylic acids is 1. The Morgan fingerprint density at radius 1 is 1.05 bits per heavy atom. The Morgan fingerprint density at radius 2 is 1.79 bits per heavy atom. The van der Waals surface area contributed by atoms with Crippen LogP contribution in [0.4, 0.5) is 28.9 Å². The first-order valence-electron chi connectivity index (χ1n) is 12.3. The van der Waals surface area contributed by atoms with Crippen LogP contribution in [0, 0.1) is 15.9 Å². The van der Waals surface area contributed by atoms with E-state index < -0.39 is 44.9 Å². The summed E-state index contributed by atoms with van der Waals surface area (Å²) in [5.74, 6) is -1.47. The van der Waals surface area contributed by atoms with Crippen LogP contribution in [0.2, 0.25) is 5.02 Å². The first-order chi connectivity index (χ1) is 20.0. The number of non-ortho nitro benzene ring substituents is 1. The molecule has 1 aliphatic rings. The largest absolute Gasteiger partial charge is 0.457 e. The zero-order chi connectivity index (χ0) is 29.8. The summed E-state index contributed by atoms with van der Waals surface area (Å²) in [4.78, 5) is 28.4. The van der Waals surface area contributed by atoms with Gasteiger partial charge in [-0.25, -0.2) is 13.9 Å². The van der Waals surface area contributed by atoms with Gasteiger partial charge < -0.3 is 10.1 Å². The molecule has 1 N–H and O–H groups in total. The van der Waals surface area contributed by atoms with E-state index in [1.165, 1.54) is 18.2 Å². The molecule has 5 aromatic rings. The Labute approximate surface area is 238 Å². The monoisotopic (exact) mass is 597 g/mol. The van der Waals surface area contributed by atoms with Crippen molar-refractivity contribution in [1.29, 1.82) is 0 Å². The molecular formula is C28H16ClF4N5O4. The van der Waals surface area contributed by atoms with E-state index in [0.29, 0.717) is 16.5 Å². The number of anilines is 1. The van der Waals surface area contributed by atoms with Crippen molar-refractivity contribution in [3.8, 4) is 22.8 Å². The van der Waals surface area contributed by atoms with Crippen LogP contribution in [0.1, 0.15) is 27.3 Å². The van der Waals surface area contributed by atoms with Gasteiger partial charge in [-0.1, -0.05) is 35.9 Å². The van der Waals surface area contributed by atoms with Crippen LogP contribution in [-0.2, 0) is 19.0 Å². The summed E-state index contributed by atoms with van der Waals surface area (Å²) in [6.45, 7) is 0. The lowest BCUT2D eigenvalue weighted by molar-refractivity contribution is -0.384. The minimum atomic E-state index is -4.85. The van der Waals surface area contributed by atoms with Crippen molar-refractivity contribution in [2.75, 3.05) is 5.32 Å². The molecule has 0 atom stereocenters. The highest BCUT2D eigenvalue weighted by Gasteiger charge is 2.41. The number of carbonyl (C=O) groups is 1. The van der Waals surface area contributed by atoms with Crippen LogP contribution >= 0.6 is 11.6 Å². The standard InChI is InChI=1S/C28H16ClF4N5O4/c29-22-24(27(39)34-16-11-17(38(40)41)13-19(12-16)42-18-8-6-15(30)7-9-18)36-37-25(28(31,32)33)21-10-5-14-3-1-2-4-20(14)23(21)35-26(22)37/h1-4,6-9,11-13H,5,10H2,(H,34,39). The third-order valence-electron chi connectivity index (χ3n) is 6.62. The van der Waals surface area contributed by atoms with Crippen molar-refractivity contribution < 1.29 is 32.0 Å². The van der Waals surface area contributed by atoms with Crippen molar-refractivity contribution in [2.45, 2.75) is 19.0 Å². The fourth-order valence-electron chi connectivity index (χ4n) is 4.83. The Balaban J connectivity index is 1.41. The van der Waals surface area contributed by atoms with E-state index in [1.54, 1.807) is 24.3 Å². The summed E-state index contributed by atoms with van der Waals surface area (Å²) < 4.78 is 62.5. The molecule has 0 aliphatic heterocycles. The number of benzene rings is 3. The first kappa shape index (κ1) is 27.1. The number of ether oxygens (including phenoxy) is 1. The number of hydrogen-bond acceptors (Lipinski definition) is 6. The van der Waals surface area contributed by atoms with Crippen LogP contribution in [-0.4, -0.2) is 25.4 Å². The van der Waals surface area contributed by atoms with Gasteiger partial charge in [0.05, 0.1) is 22.4 Å². The highest BCUT2D eigenvalue weighted by atomic mass is 35.5. The summed E-state index contributed by atoms with van der Waals surface area (Å²) in [5, 5.41) is 17.3. The molecule has 0 spiro atoms. The second kappa shape index (κ2) is 10.1. The molecule has 212 valence electrons. The number of nitro groups is 1. The third-order valence-corrected chi connectivity index (χ3v) is 6.96. The molecule has 42 heavy (non-hydrogen) atoms. The Morgan fingerprint density at radius 3 is 2.50 bits per heavy atom. The van der Waals surface area contributed by atoms with Gasteiger partial charge >= 0.3 is 6.18 Å². The third kappa shape index (κ3) is 4.87. The van der Waals surface area contributed by atoms with E-state index in [9.17, 15) is 32.5 Å². The molecule has 2 aromatic heterocycles. The van der Waals surface area contributed by atoms with E-state index in [1.807, 2.05) is 0 Å². The second-order valence-corrected chi connectivity index (χ2v) is 9.70. The number of fused-ring (bicyclic) bond motifs is 4. The summed E-state index contributed by atoms with van der Waals surface area (Å²) >= 11 is 6.41. The normalized spacial score (nSPS) is 12.5. The van der Waals surface area contributed by atoms with E-state index >= 15 is 0 Å². The average molecular weight is 598 g/mol. The molecule has 2 heterocycles. The number of nitro benzene ring substituents is 1. The maximum atomic E-state index is 14.4. The number of nitrogens with one attached hydrogen (secondary N) is 1. The number of nitrogens with zero attached hydrogens (tertiary/aromatic N) is 4. The predicted octanol–water partition coefficient (Wildman–Crippen LogP) is 7.26. The molecule has 0 fully saturated rings. The highest BCUT2D eigenvalue weighted by molar-refractivity contribution is 6.37. The minimum absolute atomic E-state index is 0.0493. The van der Waals surface area contributed by atoms with E-state index in [-0.39, 0.29) is 40.5 Å². The van der Waals surface area contributed by atoms with Gasteiger partial charge in [0.15, 0.2) is 17.0 Å². The lowest BCUT2D eigenvalue weighted by atomic mass is 9.88. The molecule has 1 aliphatic carbocycles. The molecule has 3 aromatic carbocycles. The predicted molar refractivity (Wildman–Crippen MR) is 143 cm³/mol. The van der Waals surface area contributed by atoms with Gasteiger partial charge in [-0.15, -0.1) is 0 Å². The van der Waals surface area contributed by atoms with Gasteiger partial charge in [-0.3, -0.25) is 14.9 Å². The average Bonchev–Trinajstić information content (AvgIpc) is 3.28. The summed E-state index contributed by atoms with van der Waals surface area (Å²) in [7, 11) is 0. The number of halogens is 5. The summed E-state index contributed by atoms with van der Waals surface area (Å²) in [6.07, 6.45) is -4.45. The SMILES string of the molecule is O=C(Nc1cc(Oc2ccc(F)cc2)cc([N+](=O)[O-])c1)c1nn2c(C(F)(F)F)c3c(nc2c1Cl)-c1ccccc1CC3. The van der Waals surface area contributed by atoms with Crippen molar-refractivity contribution >= 4 is 34.5 Å². The maximum Gasteiger partial charge on any atom is 0.433 e. The quantitative estimate of drug-likeness (QED) is 0.130. The van der Waals surface area contributed by atoms with Gasteiger partial charge in [0.1, 0.15) is 22.3 Å². The van der Waals surface area contributed by atoms with Crippen LogP contribution in [0.15, 0.2) is 66.7 Å². The lowest BCUT2D eigenvalue weighted by Gasteiger charge is -2.23. The Bertz CT molecular complexity index is 1910. The number of rotatable bonds is 5.